The highest BCUT2D eigenvalue weighted by atomic mass is 32.2. The van der Waals surface area contributed by atoms with E-state index in [0.717, 1.165) is 11.5 Å². The van der Waals surface area contributed by atoms with Gasteiger partial charge in [0.1, 0.15) is 10.7 Å². The van der Waals surface area contributed by atoms with Crippen molar-refractivity contribution in [1.29, 1.82) is 0 Å². The topological polar surface area (TPSA) is 79.0 Å². The number of hydrogen-bond acceptors (Lipinski definition) is 3. The molecule has 7 heteroatoms. The number of sulfonamides is 1. The molecule has 0 radical (unpaired) electrons. The van der Waals surface area contributed by atoms with Gasteiger partial charge in [-0.1, -0.05) is 24.3 Å². The maximum atomic E-state index is 13.8. The van der Waals surface area contributed by atoms with E-state index in [4.69, 9.17) is 0 Å². The molecule has 124 valence electrons. The van der Waals surface area contributed by atoms with Crippen molar-refractivity contribution in [2.24, 2.45) is 0 Å². The van der Waals surface area contributed by atoms with E-state index in [1.807, 2.05) is 0 Å². The van der Waals surface area contributed by atoms with E-state index in [9.17, 15) is 17.6 Å². The highest BCUT2D eigenvalue weighted by Crippen LogP contribution is 2.18. The van der Waals surface area contributed by atoms with Crippen LogP contribution < -0.4 is 10.3 Å². The molecule has 0 spiro atoms. The van der Waals surface area contributed by atoms with Gasteiger partial charge in [-0.2, -0.15) is 0 Å². The Bertz CT molecular complexity index is 1070. The maximum Gasteiger partial charge on any atom is 0.248 e. The Balaban J connectivity index is 1.96. The van der Waals surface area contributed by atoms with Crippen LogP contribution in [-0.2, 0) is 16.6 Å². The van der Waals surface area contributed by atoms with Crippen LogP contribution in [0.15, 0.2) is 58.2 Å². The van der Waals surface area contributed by atoms with E-state index in [1.165, 1.54) is 18.2 Å². The first-order valence-electron chi connectivity index (χ1n) is 7.23. The first-order chi connectivity index (χ1) is 11.4. The maximum absolute atomic E-state index is 13.8. The van der Waals surface area contributed by atoms with Crippen LogP contribution in [0.1, 0.15) is 11.1 Å². The molecule has 24 heavy (non-hydrogen) atoms. The highest BCUT2D eigenvalue weighted by Gasteiger charge is 2.19. The molecule has 2 N–H and O–H groups in total. The molecule has 0 atom stereocenters. The minimum atomic E-state index is -4.03. The lowest BCUT2D eigenvalue weighted by Gasteiger charge is -2.10. The van der Waals surface area contributed by atoms with Crippen molar-refractivity contribution in [3.63, 3.8) is 0 Å². The summed E-state index contributed by atoms with van der Waals surface area (Å²) in [5.74, 6) is -0.816. The van der Waals surface area contributed by atoms with Crippen molar-refractivity contribution in [3.05, 3.63) is 75.8 Å². The molecule has 0 unspecified atom stereocenters. The summed E-state index contributed by atoms with van der Waals surface area (Å²) in [5.41, 5.74) is 1.44. The van der Waals surface area contributed by atoms with Crippen LogP contribution >= 0.6 is 0 Å². The number of rotatable bonds is 4. The highest BCUT2D eigenvalue weighted by molar-refractivity contribution is 7.89. The monoisotopic (exact) mass is 346 g/mol. The number of benzene rings is 2. The molecule has 0 aliphatic rings. The molecule has 1 heterocycles. The molecule has 0 bridgehead atoms. The summed E-state index contributed by atoms with van der Waals surface area (Å²) in [6, 6.07) is 12.3. The van der Waals surface area contributed by atoms with Crippen molar-refractivity contribution in [2.75, 3.05) is 0 Å². The molecule has 3 rings (SSSR count). The second kappa shape index (κ2) is 6.18. The van der Waals surface area contributed by atoms with Crippen molar-refractivity contribution in [1.82, 2.24) is 9.71 Å². The second-order valence-corrected chi connectivity index (χ2v) is 7.20. The molecule has 0 aliphatic heterocycles. The van der Waals surface area contributed by atoms with E-state index < -0.39 is 20.7 Å². The zero-order chi connectivity index (χ0) is 17.3. The Labute approximate surface area is 138 Å². The van der Waals surface area contributed by atoms with E-state index in [2.05, 4.69) is 9.71 Å². The van der Waals surface area contributed by atoms with Crippen LogP contribution in [0.2, 0.25) is 0 Å². The van der Waals surface area contributed by atoms with Crippen LogP contribution in [0.25, 0.3) is 10.9 Å². The van der Waals surface area contributed by atoms with Crippen LogP contribution in [0.3, 0.4) is 0 Å². The van der Waals surface area contributed by atoms with Crippen molar-refractivity contribution in [2.45, 2.75) is 18.4 Å². The quantitative estimate of drug-likeness (QED) is 0.762. The van der Waals surface area contributed by atoms with Gasteiger partial charge >= 0.3 is 0 Å². The SMILES string of the molecule is Cc1ccc(F)c(S(=O)(=O)NCc2cc(=O)[nH]c3ccccc23)c1. The van der Waals surface area contributed by atoms with Gasteiger partial charge in [0, 0.05) is 23.5 Å². The predicted octanol–water partition coefficient (Wildman–Crippen LogP) is 2.45. The lowest BCUT2D eigenvalue weighted by Crippen LogP contribution is -2.25. The number of aromatic amines is 1. The van der Waals surface area contributed by atoms with Gasteiger partial charge in [-0.05, 0) is 36.2 Å². The summed E-state index contributed by atoms with van der Waals surface area (Å²) in [6.07, 6.45) is 0. The summed E-state index contributed by atoms with van der Waals surface area (Å²) < 4.78 is 40.9. The second-order valence-electron chi connectivity index (χ2n) is 5.46. The van der Waals surface area contributed by atoms with Gasteiger partial charge in [0.05, 0.1) is 0 Å². The number of aryl methyl sites for hydroxylation is 1. The Kier molecular flexibility index (Phi) is 4.21. The number of hydrogen-bond donors (Lipinski definition) is 2. The zero-order valence-electron chi connectivity index (χ0n) is 12.8. The van der Waals surface area contributed by atoms with Gasteiger partial charge in [-0.3, -0.25) is 4.79 Å². The summed E-state index contributed by atoms with van der Waals surface area (Å²) in [4.78, 5) is 14.0. The predicted molar refractivity (Wildman–Crippen MR) is 89.7 cm³/mol. The van der Waals surface area contributed by atoms with Crippen LogP contribution in [0.5, 0.6) is 0 Å². The Hall–Kier alpha value is -2.51. The molecule has 0 fully saturated rings. The van der Waals surface area contributed by atoms with Crippen LogP contribution in [0.4, 0.5) is 4.39 Å². The molecule has 1 aromatic heterocycles. The Morgan fingerprint density at radius 3 is 2.67 bits per heavy atom. The molecule has 3 aromatic rings. The number of aromatic nitrogens is 1. The smallest absolute Gasteiger partial charge is 0.248 e. The van der Waals surface area contributed by atoms with Gasteiger partial charge in [0.2, 0.25) is 15.6 Å². The average Bonchev–Trinajstić information content (AvgIpc) is 2.54. The number of pyridine rings is 1. The first-order valence-corrected chi connectivity index (χ1v) is 8.72. The molecule has 0 saturated heterocycles. The Morgan fingerprint density at radius 1 is 1.12 bits per heavy atom. The first kappa shape index (κ1) is 16.4. The third kappa shape index (κ3) is 3.22. The number of nitrogens with one attached hydrogen (secondary N) is 2. The van der Waals surface area contributed by atoms with Crippen LogP contribution in [-0.4, -0.2) is 13.4 Å². The fourth-order valence-corrected chi connectivity index (χ4v) is 3.66. The van der Waals surface area contributed by atoms with Gasteiger partial charge in [-0.25, -0.2) is 17.5 Å². The third-order valence-corrected chi connectivity index (χ3v) is 5.08. The van der Waals surface area contributed by atoms with Crippen molar-refractivity contribution < 1.29 is 12.8 Å². The summed E-state index contributed by atoms with van der Waals surface area (Å²) in [5, 5.41) is 0.726. The van der Waals surface area contributed by atoms with Gasteiger partial charge < -0.3 is 4.98 Å². The average molecular weight is 346 g/mol. The fraction of sp³-hybridized carbons (Fsp3) is 0.118. The number of H-pyrrole nitrogens is 1. The van der Waals surface area contributed by atoms with Crippen molar-refractivity contribution >= 4 is 20.9 Å². The molecule has 0 amide bonds. The number of para-hydroxylation sites is 1. The van der Waals surface area contributed by atoms with E-state index >= 15 is 0 Å². The summed E-state index contributed by atoms with van der Waals surface area (Å²) >= 11 is 0. The van der Waals surface area contributed by atoms with Gasteiger partial charge in [0.15, 0.2) is 0 Å². The largest absolute Gasteiger partial charge is 0.322 e. The number of halogens is 1. The minimum absolute atomic E-state index is 0.111. The lowest BCUT2D eigenvalue weighted by molar-refractivity contribution is 0.556. The third-order valence-electron chi connectivity index (χ3n) is 3.67. The molecular weight excluding hydrogens is 331 g/mol. The van der Waals surface area contributed by atoms with E-state index in [-0.39, 0.29) is 12.1 Å². The van der Waals surface area contributed by atoms with Crippen LogP contribution in [0, 0.1) is 12.7 Å². The standard InChI is InChI=1S/C17H15FN2O3S/c1-11-6-7-14(18)16(8-11)24(22,23)19-10-12-9-17(21)20-15-5-3-2-4-13(12)15/h2-9,19H,10H2,1H3,(H,20,21). The minimum Gasteiger partial charge on any atom is -0.322 e. The molecule has 0 aliphatic carbocycles. The normalized spacial score (nSPS) is 11.8. The Morgan fingerprint density at radius 2 is 1.88 bits per heavy atom. The van der Waals surface area contributed by atoms with E-state index in [0.29, 0.717) is 16.6 Å². The van der Waals surface area contributed by atoms with E-state index in [1.54, 1.807) is 31.2 Å². The molecular formula is C17H15FN2O3S. The summed E-state index contributed by atoms with van der Waals surface area (Å²) in [6.45, 7) is 1.57. The van der Waals surface area contributed by atoms with Crippen molar-refractivity contribution in [3.8, 4) is 0 Å². The fourth-order valence-electron chi connectivity index (χ4n) is 2.49. The zero-order valence-corrected chi connectivity index (χ0v) is 13.7. The van der Waals surface area contributed by atoms with Gasteiger partial charge in [0.25, 0.3) is 0 Å². The summed E-state index contributed by atoms with van der Waals surface area (Å²) in [7, 11) is -4.03. The molecule has 2 aromatic carbocycles. The van der Waals surface area contributed by atoms with Gasteiger partial charge in [-0.15, -0.1) is 0 Å². The lowest BCUT2D eigenvalue weighted by atomic mass is 10.1. The molecule has 5 nitrogen and oxygen atoms in total. The molecule has 0 saturated carbocycles. The number of fused-ring (bicyclic) bond motifs is 1.